The molecule has 2 heterocycles. The molecule has 1 aromatic heterocycles. The lowest BCUT2D eigenvalue weighted by molar-refractivity contribution is 0.105. The molecule has 5 heteroatoms. The van der Waals surface area contributed by atoms with Gasteiger partial charge in [0.2, 0.25) is 0 Å². The van der Waals surface area contributed by atoms with Gasteiger partial charge >= 0.3 is 6.09 Å². The molecule has 1 fully saturated rings. The van der Waals surface area contributed by atoms with Crippen LogP contribution >= 0.6 is 0 Å². The molecule has 0 saturated carbocycles. The summed E-state index contributed by atoms with van der Waals surface area (Å²) in [7, 11) is 0. The Morgan fingerprint density at radius 3 is 2.79 bits per heavy atom. The maximum Gasteiger partial charge on any atom is 0.416 e. The van der Waals surface area contributed by atoms with Crippen LogP contribution in [0.15, 0.2) is 66.9 Å². The minimum absolute atomic E-state index is 0.309. The number of carbonyl (C=O) groups is 1. The Balaban J connectivity index is 1.46. The van der Waals surface area contributed by atoms with Crippen molar-refractivity contribution in [3.8, 4) is 5.75 Å². The third-order valence-corrected chi connectivity index (χ3v) is 3.97. The van der Waals surface area contributed by atoms with Crippen LogP contribution in [0, 0.1) is 0 Å². The highest BCUT2D eigenvalue weighted by molar-refractivity contribution is 5.89. The summed E-state index contributed by atoms with van der Waals surface area (Å²) >= 11 is 0. The van der Waals surface area contributed by atoms with Crippen molar-refractivity contribution in [2.75, 3.05) is 18.1 Å². The van der Waals surface area contributed by atoms with Gasteiger partial charge in [0, 0.05) is 11.6 Å². The predicted octanol–water partition coefficient (Wildman–Crippen LogP) is 3.64. The zero-order valence-corrected chi connectivity index (χ0v) is 13.0. The molecular formula is C19H16N2O3. The van der Waals surface area contributed by atoms with Gasteiger partial charge < -0.3 is 9.47 Å². The van der Waals surface area contributed by atoms with Gasteiger partial charge in [-0.1, -0.05) is 42.5 Å². The summed E-state index contributed by atoms with van der Waals surface area (Å²) < 4.78 is 11.3. The van der Waals surface area contributed by atoms with E-state index < -0.39 is 0 Å². The zero-order valence-electron chi connectivity index (χ0n) is 13.0. The standard InChI is InChI=1S/C19H16N2O3/c22-19-21(18-10-3-4-11-20-18)12-15(24-19)13-23-17-9-5-7-14-6-1-2-8-16(14)17/h1-11,15H,12-13H2. The second kappa shape index (κ2) is 6.20. The normalized spacial score (nSPS) is 17.1. The summed E-state index contributed by atoms with van der Waals surface area (Å²) in [4.78, 5) is 17.7. The molecule has 1 saturated heterocycles. The molecule has 5 nitrogen and oxygen atoms in total. The van der Waals surface area contributed by atoms with Gasteiger partial charge in [0.15, 0.2) is 6.10 Å². The molecule has 0 bridgehead atoms. The molecule has 0 N–H and O–H groups in total. The van der Waals surface area contributed by atoms with E-state index in [0.29, 0.717) is 19.0 Å². The number of amides is 1. The largest absolute Gasteiger partial charge is 0.489 e. The van der Waals surface area contributed by atoms with Crippen molar-refractivity contribution in [3.63, 3.8) is 0 Å². The second-order valence-electron chi connectivity index (χ2n) is 5.59. The fourth-order valence-electron chi connectivity index (χ4n) is 2.81. The maximum atomic E-state index is 12.0. The first-order valence-electron chi connectivity index (χ1n) is 7.81. The van der Waals surface area contributed by atoms with Crippen molar-refractivity contribution >= 4 is 22.7 Å². The highest BCUT2D eigenvalue weighted by Gasteiger charge is 2.33. The molecule has 0 aliphatic carbocycles. The molecule has 1 aliphatic rings. The first-order valence-corrected chi connectivity index (χ1v) is 7.81. The number of nitrogens with zero attached hydrogens (tertiary/aromatic N) is 2. The van der Waals surface area contributed by atoms with Crippen molar-refractivity contribution in [2.45, 2.75) is 6.10 Å². The van der Waals surface area contributed by atoms with Crippen LogP contribution in [-0.2, 0) is 4.74 Å². The van der Waals surface area contributed by atoms with Gasteiger partial charge in [-0.05, 0) is 23.6 Å². The van der Waals surface area contributed by atoms with Crippen LogP contribution in [0.1, 0.15) is 0 Å². The van der Waals surface area contributed by atoms with Gasteiger partial charge in [-0.2, -0.15) is 0 Å². The molecular weight excluding hydrogens is 304 g/mol. The Kier molecular flexibility index (Phi) is 3.75. The van der Waals surface area contributed by atoms with Crippen molar-refractivity contribution < 1.29 is 14.3 Å². The average Bonchev–Trinajstić information content (AvgIpc) is 3.01. The Morgan fingerprint density at radius 1 is 1.08 bits per heavy atom. The monoisotopic (exact) mass is 320 g/mol. The highest BCUT2D eigenvalue weighted by atomic mass is 16.6. The Morgan fingerprint density at radius 2 is 1.92 bits per heavy atom. The number of pyridine rings is 1. The number of hydrogen-bond acceptors (Lipinski definition) is 4. The fourth-order valence-corrected chi connectivity index (χ4v) is 2.81. The first-order chi connectivity index (χ1) is 11.8. The second-order valence-corrected chi connectivity index (χ2v) is 5.59. The van der Waals surface area contributed by atoms with Gasteiger partial charge in [-0.3, -0.25) is 4.90 Å². The molecule has 3 aromatic rings. The number of benzene rings is 2. The smallest absolute Gasteiger partial charge is 0.416 e. The average molecular weight is 320 g/mol. The summed E-state index contributed by atoms with van der Waals surface area (Å²) in [6, 6.07) is 19.4. The summed E-state index contributed by atoms with van der Waals surface area (Å²) in [5, 5.41) is 2.17. The molecule has 1 aliphatic heterocycles. The number of anilines is 1. The van der Waals surface area contributed by atoms with Gasteiger partial charge in [0.05, 0.1) is 6.54 Å². The van der Waals surface area contributed by atoms with Gasteiger partial charge in [0.25, 0.3) is 0 Å². The molecule has 2 aromatic carbocycles. The Bertz CT molecular complexity index is 861. The van der Waals surface area contributed by atoms with Gasteiger partial charge in [-0.25, -0.2) is 9.78 Å². The first kappa shape index (κ1) is 14.5. The topological polar surface area (TPSA) is 51.7 Å². The summed E-state index contributed by atoms with van der Waals surface area (Å²) in [5.41, 5.74) is 0. The lowest BCUT2D eigenvalue weighted by Crippen LogP contribution is -2.27. The SMILES string of the molecule is O=C1OC(COc2cccc3ccccc23)CN1c1ccccn1. The Hall–Kier alpha value is -3.08. The number of rotatable bonds is 4. The third-order valence-electron chi connectivity index (χ3n) is 3.97. The molecule has 4 rings (SSSR count). The van der Waals surface area contributed by atoms with Gasteiger partial charge in [-0.15, -0.1) is 0 Å². The van der Waals surface area contributed by atoms with E-state index in [-0.39, 0.29) is 12.2 Å². The van der Waals surface area contributed by atoms with Crippen LogP contribution in [0.4, 0.5) is 10.6 Å². The maximum absolute atomic E-state index is 12.0. The van der Waals surface area contributed by atoms with Crippen LogP contribution in [0.25, 0.3) is 10.8 Å². The van der Waals surface area contributed by atoms with E-state index in [9.17, 15) is 4.79 Å². The van der Waals surface area contributed by atoms with Crippen molar-refractivity contribution in [1.82, 2.24) is 4.98 Å². The van der Waals surface area contributed by atoms with E-state index in [1.165, 1.54) is 4.90 Å². The van der Waals surface area contributed by atoms with Crippen molar-refractivity contribution in [3.05, 3.63) is 66.9 Å². The van der Waals surface area contributed by atoms with Crippen LogP contribution in [0.5, 0.6) is 5.75 Å². The quantitative estimate of drug-likeness (QED) is 0.736. The zero-order chi connectivity index (χ0) is 16.4. The number of aromatic nitrogens is 1. The highest BCUT2D eigenvalue weighted by Crippen LogP contribution is 2.26. The van der Waals surface area contributed by atoms with E-state index in [1.54, 1.807) is 12.3 Å². The van der Waals surface area contributed by atoms with E-state index in [1.807, 2.05) is 54.6 Å². The van der Waals surface area contributed by atoms with Gasteiger partial charge in [0.1, 0.15) is 18.2 Å². The number of fused-ring (bicyclic) bond motifs is 1. The van der Waals surface area contributed by atoms with Crippen molar-refractivity contribution in [2.24, 2.45) is 0 Å². The van der Waals surface area contributed by atoms with E-state index >= 15 is 0 Å². The molecule has 0 radical (unpaired) electrons. The van der Waals surface area contributed by atoms with E-state index in [4.69, 9.17) is 9.47 Å². The molecule has 120 valence electrons. The third kappa shape index (κ3) is 2.76. The molecule has 1 amide bonds. The minimum Gasteiger partial charge on any atom is -0.489 e. The lowest BCUT2D eigenvalue weighted by atomic mass is 10.1. The lowest BCUT2D eigenvalue weighted by Gasteiger charge is -2.13. The summed E-state index contributed by atoms with van der Waals surface area (Å²) in [5.74, 6) is 1.38. The summed E-state index contributed by atoms with van der Waals surface area (Å²) in [6.07, 6.45) is 0.946. The molecule has 0 spiro atoms. The summed E-state index contributed by atoms with van der Waals surface area (Å²) in [6.45, 7) is 0.740. The van der Waals surface area contributed by atoms with E-state index in [0.717, 1.165) is 16.5 Å². The number of cyclic esters (lactones) is 1. The fraction of sp³-hybridized carbons (Fsp3) is 0.158. The van der Waals surface area contributed by atoms with Crippen LogP contribution < -0.4 is 9.64 Å². The molecule has 1 atom stereocenters. The number of ether oxygens (including phenoxy) is 2. The number of hydrogen-bond donors (Lipinski definition) is 0. The van der Waals surface area contributed by atoms with E-state index in [2.05, 4.69) is 4.98 Å². The van der Waals surface area contributed by atoms with Crippen LogP contribution in [0.3, 0.4) is 0 Å². The Labute approximate surface area is 139 Å². The van der Waals surface area contributed by atoms with Crippen molar-refractivity contribution in [1.29, 1.82) is 0 Å². The number of carbonyl (C=O) groups excluding carboxylic acids is 1. The molecule has 24 heavy (non-hydrogen) atoms. The molecule has 1 unspecified atom stereocenters. The predicted molar refractivity (Wildman–Crippen MR) is 91.3 cm³/mol. The minimum atomic E-state index is -0.389. The van der Waals surface area contributed by atoms with Crippen LogP contribution in [0.2, 0.25) is 0 Å². The van der Waals surface area contributed by atoms with Crippen LogP contribution in [-0.4, -0.2) is 30.3 Å².